The van der Waals surface area contributed by atoms with Crippen molar-refractivity contribution < 1.29 is 14.3 Å². The number of carbonyl (C=O) groups excluding carboxylic acids is 1. The first kappa shape index (κ1) is 16.7. The van der Waals surface area contributed by atoms with Gasteiger partial charge in [0.25, 0.3) is 0 Å². The Hall–Kier alpha value is -1.30. The third-order valence-corrected chi connectivity index (χ3v) is 1.94. The predicted molar refractivity (Wildman–Crippen MR) is 71.4 cm³/mol. The number of nitrogens with one attached hydrogen (secondary N) is 1. The molecule has 0 heterocycles. The van der Waals surface area contributed by atoms with Gasteiger partial charge in [-0.25, -0.2) is 0 Å². The van der Waals surface area contributed by atoms with Gasteiger partial charge in [0.1, 0.15) is 0 Å². The molecule has 0 aliphatic carbocycles. The van der Waals surface area contributed by atoms with E-state index in [9.17, 15) is 4.79 Å². The zero-order chi connectivity index (χ0) is 13.8. The molecule has 106 valence electrons. The average molecular weight is 259 g/mol. The highest BCUT2D eigenvalue weighted by molar-refractivity contribution is 5.78. The molecule has 0 bridgehead atoms. The van der Waals surface area contributed by atoms with Gasteiger partial charge in [-0.3, -0.25) is 9.79 Å². The minimum Gasteiger partial charge on any atom is -0.463 e. The number of carbonyl (C=O) groups is 1. The lowest BCUT2D eigenvalue weighted by atomic mass is 10.4. The third kappa shape index (κ3) is 11.2. The van der Waals surface area contributed by atoms with Crippen LogP contribution in [0.25, 0.3) is 0 Å². The first-order valence-electron chi connectivity index (χ1n) is 6.37. The second-order valence-corrected chi connectivity index (χ2v) is 4.03. The fourth-order valence-corrected chi connectivity index (χ4v) is 1.18. The van der Waals surface area contributed by atoms with Gasteiger partial charge in [0, 0.05) is 26.3 Å². The zero-order valence-corrected chi connectivity index (χ0v) is 11.6. The molecule has 0 radical (unpaired) electrons. The molecular weight excluding hydrogens is 234 g/mol. The first-order chi connectivity index (χ1) is 8.56. The molecule has 0 rings (SSSR count). The van der Waals surface area contributed by atoms with Crippen LogP contribution in [0.1, 0.15) is 33.6 Å². The Morgan fingerprint density at radius 3 is 2.78 bits per heavy atom. The summed E-state index contributed by atoms with van der Waals surface area (Å²) in [6.45, 7) is 8.06. The van der Waals surface area contributed by atoms with E-state index < -0.39 is 0 Å². The highest BCUT2D eigenvalue weighted by Gasteiger charge is 2.04. The van der Waals surface area contributed by atoms with Crippen LogP contribution in [0.5, 0.6) is 0 Å². The molecule has 0 aliphatic heterocycles. The molecule has 0 fully saturated rings. The fourth-order valence-electron chi connectivity index (χ4n) is 1.18. The van der Waals surface area contributed by atoms with Crippen LogP contribution in [-0.2, 0) is 14.3 Å². The van der Waals surface area contributed by atoms with Gasteiger partial charge in [0.15, 0.2) is 5.96 Å². The number of hydrogen-bond acceptors (Lipinski definition) is 4. The van der Waals surface area contributed by atoms with E-state index in [0.29, 0.717) is 25.7 Å². The molecule has 0 aromatic heterocycles. The first-order valence-corrected chi connectivity index (χ1v) is 6.37. The van der Waals surface area contributed by atoms with Crippen molar-refractivity contribution in [3.8, 4) is 0 Å². The smallest absolute Gasteiger partial charge is 0.307 e. The van der Waals surface area contributed by atoms with Crippen LogP contribution in [0.3, 0.4) is 0 Å². The number of guanidine groups is 1. The highest BCUT2D eigenvalue weighted by atomic mass is 16.5. The summed E-state index contributed by atoms with van der Waals surface area (Å²) in [6.07, 6.45) is 1.04. The van der Waals surface area contributed by atoms with Crippen LogP contribution in [0.4, 0.5) is 0 Å². The van der Waals surface area contributed by atoms with E-state index >= 15 is 0 Å². The maximum absolute atomic E-state index is 11.2. The molecule has 6 nitrogen and oxygen atoms in total. The van der Waals surface area contributed by atoms with E-state index in [-0.39, 0.29) is 18.5 Å². The van der Waals surface area contributed by atoms with Crippen molar-refractivity contribution in [1.82, 2.24) is 5.32 Å². The molecule has 0 unspecified atom stereocenters. The van der Waals surface area contributed by atoms with E-state index in [4.69, 9.17) is 15.2 Å². The third-order valence-electron chi connectivity index (χ3n) is 1.94. The molecule has 0 amide bonds. The number of aliphatic imine (C=N–C) groups is 1. The minimum absolute atomic E-state index is 0.0814. The lowest BCUT2D eigenvalue weighted by molar-refractivity contribution is -0.147. The molecular formula is C12H25N3O3. The Bertz CT molecular complexity index is 255. The standard InChI is InChI=1S/C12H25N3O3/c1-4-17-9-5-7-14-12(13)15-8-6-11(16)18-10(2)3/h10H,4-9H2,1-3H3,(H3,13,14,15). The molecule has 3 N–H and O–H groups in total. The van der Waals surface area contributed by atoms with E-state index in [0.717, 1.165) is 13.0 Å². The Morgan fingerprint density at radius 1 is 1.44 bits per heavy atom. The van der Waals surface area contributed by atoms with E-state index in [2.05, 4.69) is 10.3 Å². The Kier molecular flexibility index (Phi) is 10.0. The van der Waals surface area contributed by atoms with Gasteiger partial charge < -0.3 is 20.5 Å². The zero-order valence-electron chi connectivity index (χ0n) is 11.6. The number of nitrogens with zero attached hydrogens (tertiary/aromatic N) is 1. The second kappa shape index (κ2) is 10.8. The van der Waals surface area contributed by atoms with Crippen molar-refractivity contribution in [3.63, 3.8) is 0 Å². The number of esters is 1. The topological polar surface area (TPSA) is 85.9 Å². The number of nitrogens with two attached hydrogens (primary N) is 1. The van der Waals surface area contributed by atoms with Crippen LogP contribution >= 0.6 is 0 Å². The van der Waals surface area contributed by atoms with Gasteiger partial charge in [-0.1, -0.05) is 0 Å². The van der Waals surface area contributed by atoms with Gasteiger partial charge >= 0.3 is 5.97 Å². The van der Waals surface area contributed by atoms with Crippen molar-refractivity contribution in [2.75, 3.05) is 26.3 Å². The molecule has 0 saturated heterocycles. The van der Waals surface area contributed by atoms with Crippen molar-refractivity contribution in [1.29, 1.82) is 0 Å². The Labute approximate surface area is 109 Å². The predicted octanol–water partition coefficient (Wildman–Crippen LogP) is 0.659. The van der Waals surface area contributed by atoms with Crippen LogP contribution in [0.2, 0.25) is 0 Å². The largest absolute Gasteiger partial charge is 0.463 e. The molecule has 18 heavy (non-hydrogen) atoms. The summed E-state index contributed by atoms with van der Waals surface area (Å²) >= 11 is 0. The number of rotatable bonds is 9. The van der Waals surface area contributed by atoms with Crippen LogP contribution in [0, 0.1) is 0 Å². The van der Waals surface area contributed by atoms with Gasteiger partial charge in [-0.2, -0.15) is 0 Å². The molecule has 0 aliphatic rings. The molecule has 0 atom stereocenters. The summed E-state index contributed by atoms with van der Waals surface area (Å²) < 4.78 is 10.2. The van der Waals surface area contributed by atoms with Crippen LogP contribution < -0.4 is 11.1 Å². The van der Waals surface area contributed by atoms with Crippen molar-refractivity contribution >= 4 is 11.9 Å². The summed E-state index contributed by atoms with van der Waals surface area (Å²) in [5, 5.41) is 2.86. The van der Waals surface area contributed by atoms with Crippen molar-refractivity contribution in [3.05, 3.63) is 0 Å². The van der Waals surface area contributed by atoms with E-state index in [1.807, 2.05) is 20.8 Å². The lowest BCUT2D eigenvalue weighted by Gasteiger charge is -2.08. The Balaban J connectivity index is 3.54. The van der Waals surface area contributed by atoms with Crippen molar-refractivity contribution in [2.24, 2.45) is 10.7 Å². The summed E-state index contributed by atoms with van der Waals surface area (Å²) in [5.74, 6) is 0.116. The average Bonchev–Trinajstić information content (AvgIpc) is 2.27. The maximum atomic E-state index is 11.2. The molecule has 0 spiro atoms. The van der Waals surface area contributed by atoms with Gasteiger partial charge in [0.05, 0.1) is 12.5 Å². The maximum Gasteiger partial charge on any atom is 0.307 e. The molecule has 6 heteroatoms. The minimum atomic E-state index is -0.235. The summed E-state index contributed by atoms with van der Waals surface area (Å²) in [6, 6.07) is 0. The second-order valence-electron chi connectivity index (χ2n) is 4.03. The van der Waals surface area contributed by atoms with Crippen molar-refractivity contribution in [2.45, 2.75) is 39.7 Å². The Morgan fingerprint density at radius 2 is 2.17 bits per heavy atom. The molecule has 0 aromatic rings. The summed E-state index contributed by atoms with van der Waals surface area (Å²) in [4.78, 5) is 15.3. The highest BCUT2D eigenvalue weighted by Crippen LogP contribution is 1.92. The van der Waals surface area contributed by atoms with Gasteiger partial charge in [-0.05, 0) is 27.2 Å². The van der Waals surface area contributed by atoms with Crippen LogP contribution in [-0.4, -0.2) is 44.3 Å². The van der Waals surface area contributed by atoms with E-state index in [1.165, 1.54) is 0 Å². The number of hydrogen-bond donors (Lipinski definition) is 2. The van der Waals surface area contributed by atoms with Crippen LogP contribution in [0.15, 0.2) is 4.99 Å². The lowest BCUT2D eigenvalue weighted by Crippen LogP contribution is -2.34. The fraction of sp³-hybridized carbons (Fsp3) is 0.833. The monoisotopic (exact) mass is 259 g/mol. The molecule has 0 aromatic carbocycles. The van der Waals surface area contributed by atoms with Gasteiger partial charge in [0.2, 0.25) is 0 Å². The summed E-state index contributed by atoms with van der Waals surface area (Å²) in [7, 11) is 0. The number of ether oxygens (including phenoxy) is 2. The quantitative estimate of drug-likeness (QED) is 0.275. The van der Waals surface area contributed by atoms with E-state index in [1.54, 1.807) is 0 Å². The summed E-state index contributed by atoms with van der Waals surface area (Å²) in [5.41, 5.74) is 5.62. The van der Waals surface area contributed by atoms with Gasteiger partial charge in [-0.15, -0.1) is 0 Å². The SMILES string of the molecule is CCOCCCN=C(N)NCCC(=O)OC(C)C. The molecule has 0 saturated carbocycles. The normalized spacial score (nSPS) is 11.7.